The van der Waals surface area contributed by atoms with Crippen LogP contribution in [0.25, 0.3) is 0 Å². The topological polar surface area (TPSA) is 60.9 Å². The summed E-state index contributed by atoms with van der Waals surface area (Å²) in [4.78, 5) is 25.9. The average Bonchev–Trinajstić information content (AvgIpc) is 2.42. The molecule has 0 bridgehead atoms. The van der Waals surface area contributed by atoms with Gasteiger partial charge in [-0.15, -0.1) is 0 Å². The molecule has 2 amide bonds. The maximum Gasteiger partial charge on any atom is 0.246 e. The first-order chi connectivity index (χ1) is 6.93. The van der Waals surface area contributed by atoms with Crippen LogP contribution in [-0.4, -0.2) is 59.5 Å². The van der Waals surface area contributed by atoms with Crippen LogP contribution in [0.3, 0.4) is 0 Å². The third-order valence-corrected chi connectivity index (χ3v) is 2.79. The van der Waals surface area contributed by atoms with Crippen LogP contribution in [0.4, 0.5) is 0 Å². The zero-order chi connectivity index (χ0) is 11.6. The third kappa shape index (κ3) is 2.76. The van der Waals surface area contributed by atoms with E-state index in [9.17, 15) is 9.59 Å². The molecule has 1 aliphatic rings. The van der Waals surface area contributed by atoms with Crippen molar-refractivity contribution in [1.82, 2.24) is 9.80 Å². The molecule has 0 aromatic heterocycles. The number of hydrogen-bond acceptors (Lipinski definition) is 4. The quantitative estimate of drug-likeness (QED) is 0.638. The number of imide groups is 1. The highest BCUT2D eigenvalue weighted by Crippen LogP contribution is 2.16. The zero-order valence-electron chi connectivity index (χ0n) is 9.43. The molecule has 1 saturated heterocycles. The van der Waals surface area contributed by atoms with Crippen LogP contribution in [0.5, 0.6) is 0 Å². The first-order valence-corrected chi connectivity index (χ1v) is 5.12. The summed E-state index contributed by atoms with van der Waals surface area (Å²) < 4.78 is 0. The van der Waals surface area contributed by atoms with Crippen molar-refractivity contribution in [3.05, 3.63) is 0 Å². The van der Waals surface area contributed by atoms with Gasteiger partial charge in [0.2, 0.25) is 11.8 Å². The maximum atomic E-state index is 11.6. The lowest BCUT2D eigenvalue weighted by atomic mass is 10.2. The van der Waals surface area contributed by atoms with Gasteiger partial charge in [0.25, 0.3) is 0 Å². The molecule has 1 rings (SSSR count). The van der Waals surface area contributed by atoms with E-state index >= 15 is 0 Å². The van der Waals surface area contributed by atoms with Crippen molar-refractivity contribution < 1.29 is 14.7 Å². The predicted molar refractivity (Wildman–Crippen MR) is 55.1 cm³/mol. The predicted octanol–water partition coefficient (Wildman–Crippen LogP) is -0.554. The smallest absolute Gasteiger partial charge is 0.246 e. The maximum absolute atomic E-state index is 11.6. The van der Waals surface area contributed by atoms with Crippen molar-refractivity contribution in [2.45, 2.75) is 31.9 Å². The second kappa shape index (κ2) is 4.72. The molecule has 1 fully saturated rings. The van der Waals surface area contributed by atoms with E-state index in [-0.39, 0.29) is 30.4 Å². The lowest BCUT2D eigenvalue weighted by molar-refractivity contribution is -0.137. The number of rotatable bonds is 4. The second-order valence-electron chi connectivity index (χ2n) is 4.13. The van der Waals surface area contributed by atoms with Crippen LogP contribution in [0.2, 0.25) is 0 Å². The monoisotopic (exact) mass is 214 g/mol. The summed E-state index contributed by atoms with van der Waals surface area (Å²) in [5, 5.41) is 9.12. The van der Waals surface area contributed by atoms with Gasteiger partial charge in [0.15, 0.2) is 0 Å². The van der Waals surface area contributed by atoms with Crippen LogP contribution in [0.15, 0.2) is 0 Å². The molecular weight excluding hydrogens is 196 g/mol. The Morgan fingerprint density at radius 2 is 2.20 bits per heavy atom. The van der Waals surface area contributed by atoms with E-state index in [2.05, 4.69) is 0 Å². The van der Waals surface area contributed by atoms with Gasteiger partial charge in [0.05, 0.1) is 18.6 Å². The Kier molecular flexibility index (Phi) is 3.82. The van der Waals surface area contributed by atoms with Gasteiger partial charge < -0.3 is 5.11 Å². The van der Waals surface area contributed by atoms with Crippen molar-refractivity contribution in [1.29, 1.82) is 0 Å². The molecule has 5 heteroatoms. The minimum absolute atomic E-state index is 0.131. The highest BCUT2D eigenvalue weighted by molar-refractivity contribution is 6.05. The molecule has 0 radical (unpaired) electrons. The average molecular weight is 214 g/mol. The molecular formula is C10H18N2O3. The number of hydrogen-bond donors (Lipinski definition) is 1. The number of carbonyl (C=O) groups is 2. The number of aliphatic hydroxyl groups is 1. The SMILES string of the molecule is CC(O)CCN(C)C1CC(=O)N(C)C1=O. The van der Waals surface area contributed by atoms with Gasteiger partial charge in [0, 0.05) is 13.6 Å². The summed E-state index contributed by atoms with van der Waals surface area (Å²) >= 11 is 0. The van der Waals surface area contributed by atoms with Gasteiger partial charge in [0.1, 0.15) is 0 Å². The minimum atomic E-state index is -0.377. The van der Waals surface area contributed by atoms with Crippen LogP contribution < -0.4 is 0 Å². The van der Waals surface area contributed by atoms with Crippen molar-refractivity contribution in [2.24, 2.45) is 0 Å². The highest BCUT2D eigenvalue weighted by atomic mass is 16.3. The number of carbonyl (C=O) groups excluding carboxylic acids is 2. The fraction of sp³-hybridized carbons (Fsp3) is 0.800. The Balaban J connectivity index is 2.50. The number of likely N-dealkylation sites (tertiary alicyclic amines) is 1. The summed E-state index contributed by atoms with van der Waals surface area (Å²) in [5.41, 5.74) is 0. The summed E-state index contributed by atoms with van der Waals surface area (Å²) in [6.45, 7) is 2.33. The number of nitrogens with zero attached hydrogens (tertiary/aromatic N) is 2. The van der Waals surface area contributed by atoms with Gasteiger partial charge in [-0.25, -0.2) is 0 Å². The van der Waals surface area contributed by atoms with Crippen LogP contribution >= 0.6 is 0 Å². The number of amides is 2. The van der Waals surface area contributed by atoms with Crippen molar-refractivity contribution in [3.8, 4) is 0 Å². The Morgan fingerprint density at radius 3 is 2.60 bits per heavy atom. The van der Waals surface area contributed by atoms with E-state index in [0.717, 1.165) is 0 Å². The number of likely N-dealkylation sites (N-methyl/N-ethyl adjacent to an activating group) is 2. The first-order valence-electron chi connectivity index (χ1n) is 5.12. The lowest BCUT2D eigenvalue weighted by Gasteiger charge is -2.22. The molecule has 1 N–H and O–H groups in total. The van der Waals surface area contributed by atoms with Gasteiger partial charge in [-0.2, -0.15) is 0 Å². The van der Waals surface area contributed by atoms with E-state index in [1.807, 2.05) is 4.90 Å². The molecule has 1 heterocycles. The van der Waals surface area contributed by atoms with Crippen molar-refractivity contribution in [2.75, 3.05) is 20.6 Å². The van der Waals surface area contributed by atoms with Gasteiger partial charge >= 0.3 is 0 Å². The molecule has 0 saturated carbocycles. The normalized spacial score (nSPS) is 24.1. The van der Waals surface area contributed by atoms with E-state index in [1.54, 1.807) is 14.0 Å². The van der Waals surface area contributed by atoms with Crippen molar-refractivity contribution in [3.63, 3.8) is 0 Å². The van der Waals surface area contributed by atoms with Gasteiger partial charge in [-0.3, -0.25) is 19.4 Å². The Morgan fingerprint density at radius 1 is 1.60 bits per heavy atom. The molecule has 2 atom stereocenters. The second-order valence-corrected chi connectivity index (χ2v) is 4.13. The van der Waals surface area contributed by atoms with E-state index < -0.39 is 0 Å². The highest BCUT2D eigenvalue weighted by Gasteiger charge is 2.38. The fourth-order valence-corrected chi connectivity index (χ4v) is 1.63. The standard InChI is InChI=1S/C10H18N2O3/c1-7(13)4-5-11(2)8-6-9(14)12(3)10(8)15/h7-8,13H,4-6H2,1-3H3. The first kappa shape index (κ1) is 12.1. The van der Waals surface area contributed by atoms with E-state index in [4.69, 9.17) is 5.11 Å². The molecule has 5 nitrogen and oxygen atoms in total. The lowest BCUT2D eigenvalue weighted by Crippen LogP contribution is -2.39. The molecule has 15 heavy (non-hydrogen) atoms. The van der Waals surface area contributed by atoms with Gasteiger partial charge in [-0.05, 0) is 20.4 Å². The van der Waals surface area contributed by atoms with Crippen molar-refractivity contribution >= 4 is 11.8 Å². The Hall–Kier alpha value is -0.940. The molecule has 86 valence electrons. The molecule has 0 aromatic carbocycles. The van der Waals surface area contributed by atoms with Gasteiger partial charge in [-0.1, -0.05) is 0 Å². The van der Waals surface area contributed by atoms with Crippen LogP contribution in [-0.2, 0) is 9.59 Å². The zero-order valence-corrected chi connectivity index (χ0v) is 9.43. The Bertz CT molecular complexity index is 265. The minimum Gasteiger partial charge on any atom is -0.393 e. The molecule has 0 aromatic rings. The largest absolute Gasteiger partial charge is 0.393 e. The van der Waals surface area contributed by atoms with E-state index in [1.165, 1.54) is 11.9 Å². The molecule has 0 aliphatic carbocycles. The molecule has 1 aliphatic heterocycles. The molecule has 0 spiro atoms. The summed E-state index contributed by atoms with van der Waals surface area (Å²) in [5.74, 6) is -0.276. The third-order valence-electron chi connectivity index (χ3n) is 2.79. The Labute approximate surface area is 89.7 Å². The number of aliphatic hydroxyl groups excluding tert-OH is 1. The molecule has 2 unspecified atom stereocenters. The summed E-state index contributed by atoms with van der Waals surface area (Å²) in [6.07, 6.45) is 0.487. The fourth-order valence-electron chi connectivity index (χ4n) is 1.63. The van der Waals surface area contributed by atoms with Crippen LogP contribution in [0, 0.1) is 0 Å². The van der Waals surface area contributed by atoms with Crippen LogP contribution in [0.1, 0.15) is 19.8 Å². The summed E-state index contributed by atoms with van der Waals surface area (Å²) in [6, 6.07) is -0.346. The van der Waals surface area contributed by atoms with E-state index in [0.29, 0.717) is 13.0 Å². The summed E-state index contributed by atoms with van der Waals surface area (Å²) in [7, 11) is 3.31.